The van der Waals surface area contributed by atoms with Crippen LogP contribution in [-0.2, 0) is 6.42 Å². The topological polar surface area (TPSA) is 50.9 Å². The highest BCUT2D eigenvalue weighted by molar-refractivity contribution is 7.13. The molecule has 1 unspecified atom stereocenters. The van der Waals surface area contributed by atoms with Crippen molar-refractivity contribution >= 4 is 16.5 Å². The number of nitrogens with zero attached hydrogens (tertiary/aromatic N) is 1. The van der Waals surface area contributed by atoms with Crippen LogP contribution in [0.5, 0.6) is 0 Å². The molecule has 0 spiro atoms. The standard InChI is InChI=1S/C10H17N3S/c1-2-8-6-14-10(13-8)12-5-9(11)7-3-4-7/h6-7,9H,2-5,11H2,1H3,(H,12,13). The maximum atomic E-state index is 5.98. The van der Waals surface area contributed by atoms with E-state index in [9.17, 15) is 0 Å². The molecule has 2 rings (SSSR count). The Morgan fingerprint density at radius 3 is 3.07 bits per heavy atom. The van der Waals surface area contributed by atoms with Crippen LogP contribution in [0.4, 0.5) is 5.13 Å². The van der Waals surface area contributed by atoms with Crippen molar-refractivity contribution in [1.29, 1.82) is 0 Å². The second kappa shape index (κ2) is 4.28. The summed E-state index contributed by atoms with van der Waals surface area (Å²) in [5.74, 6) is 0.758. The lowest BCUT2D eigenvalue weighted by molar-refractivity contribution is 0.620. The molecule has 1 heterocycles. The minimum Gasteiger partial charge on any atom is -0.360 e. The first kappa shape index (κ1) is 9.93. The fourth-order valence-corrected chi connectivity index (χ4v) is 2.25. The number of aromatic nitrogens is 1. The van der Waals surface area contributed by atoms with Gasteiger partial charge in [-0.1, -0.05) is 6.92 Å². The normalized spacial score (nSPS) is 18.1. The zero-order chi connectivity index (χ0) is 9.97. The highest BCUT2D eigenvalue weighted by Crippen LogP contribution is 2.31. The minimum atomic E-state index is 0.309. The molecule has 0 aromatic carbocycles. The number of nitrogens with one attached hydrogen (secondary N) is 1. The van der Waals surface area contributed by atoms with Crippen molar-refractivity contribution in [2.75, 3.05) is 11.9 Å². The number of thiazole rings is 1. The third kappa shape index (κ3) is 2.45. The third-order valence-corrected chi connectivity index (χ3v) is 3.48. The molecule has 1 aromatic heterocycles. The van der Waals surface area contributed by atoms with Crippen LogP contribution >= 0.6 is 11.3 Å². The lowest BCUT2D eigenvalue weighted by Gasteiger charge is -2.09. The predicted octanol–water partition coefficient (Wildman–Crippen LogP) is 1.85. The first-order valence-electron chi connectivity index (χ1n) is 5.23. The van der Waals surface area contributed by atoms with Crippen molar-refractivity contribution in [3.63, 3.8) is 0 Å². The zero-order valence-electron chi connectivity index (χ0n) is 8.49. The molecule has 78 valence electrons. The van der Waals surface area contributed by atoms with E-state index in [1.165, 1.54) is 12.8 Å². The van der Waals surface area contributed by atoms with E-state index in [2.05, 4.69) is 22.6 Å². The van der Waals surface area contributed by atoms with Gasteiger partial charge in [0.2, 0.25) is 0 Å². The van der Waals surface area contributed by atoms with Crippen LogP contribution in [0, 0.1) is 5.92 Å². The minimum absolute atomic E-state index is 0.309. The van der Waals surface area contributed by atoms with Crippen LogP contribution in [0.1, 0.15) is 25.5 Å². The first-order valence-corrected chi connectivity index (χ1v) is 6.11. The molecule has 3 N–H and O–H groups in total. The Bertz CT molecular complexity index is 293. The Kier molecular flexibility index (Phi) is 3.03. The van der Waals surface area contributed by atoms with Gasteiger partial charge in [-0.05, 0) is 25.2 Å². The van der Waals surface area contributed by atoms with Gasteiger partial charge in [0.1, 0.15) is 0 Å². The van der Waals surface area contributed by atoms with Crippen LogP contribution in [0.3, 0.4) is 0 Å². The molecule has 1 fully saturated rings. The van der Waals surface area contributed by atoms with Crippen molar-refractivity contribution in [2.24, 2.45) is 11.7 Å². The van der Waals surface area contributed by atoms with Crippen molar-refractivity contribution in [3.05, 3.63) is 11.1 Å². The lowest BCUT2D eigenvalue weighted by Crippen LogP contribution is -2.30. The van der Waals surface area contributed by atoms with E-state index in [0.29, 0.717) is 6.04 Å². The van der Waals surface area contributed by atoms with Gasteiger partial charge in [0.05, 0.1) is 5.69 Å². The molecule has 0 aliphatic heterocycles. The van der Waals surface area contributed by atoms with E-state index in [0.717, 1.165) is 29.7 Å². The first-order chi connectivity index (χ1) is 6.79. The van der Waals surface area contributed by atoms with Gasteiger partial charge >= 0.3 is 0 Å². The summed E-state index contributed by atoms with van der Waals surface area (Å²) in [6.45, 7) is 2.98. The number of anilines is 1. The molecule has 1 aromatic rings. The fourth-order valence-electron chi connectivity index (χ4n) is 1.45. The van der Waals surface area contributed by atoms with E-state index in [1.54, 1.807) is 11.3 Å². The SMILES string of the molecule is CCc1csc(NCC(N)C2CC2)n1. The summed E-state index contributed by atoms with van der Waals surface area (Å²) in [5.41, 5.74) is 7.14. The summed E-state index contributed by atoms with van der Waals surface area (Å²) in [5, 5.41) is 6.42. The molecular formula is C10H17N3S. The quantitative estimate of drug-likeness (QED) is 0.781. The van der Waals surface area contributed by atoms with Gasteiger partial charge < -0.3 is 11.1 Å². The van der Waals surface area contributed by atoms with Crippen LogP contribution < -0.4 is 11.1 Å². The molecule has 0 amide bonds. The van der Waals surface area contributed by atoms with Crippen molar-refractivity contribution in [3.8, 4) is 0 Å². The summed E-state index contributed by atoms with van der Waals surface area (Å²) in [6.07, 6.45) is 3.62. The van der Waals surface area contributed by atoms with Crippen LogP contribution in [0.25, 0.3) is 0 Å². The molecule has 4 heteroatoms. The second-order valence-corrected chi connectivity index (χ2v) is 4.74. The van der Waals surface area contributed by atoms with Crippen molar-refractivity contribution in [2.45, 2.75) is 32.2 Å². The third-order valence-electron chi connectivity index (χ3n) is 2.63. The van der Waals surface area contributed by atoms with E-state index in [-0.39, 0.29) is 0 Å². The summed E-state index contributed by atoms with van der Waals surface area (Å²) >= 11 is 1.67. The maximum Gasteiger partial charge on any atom is 0.182 e. The lowest BCUT2D eigenvalue weighted by atomic mass is 10.2. The van der Waals surface area contributed by atoms with E-state index < -0.39 is 0 Å². The highest BCUT2D eigenvalue weighted by atomic mass is 32.1. The van der Waals surface area contributed by atoms with Gasteiger partial charge in [-0.3, -0.25) is 0 Å². The van der Waals surface area contributed by atoms with Gasteiger partial charge in [-0.15, -0.1) is 11.3 Å². The van der Waals surface area contributed by atoms with Gasteiger partial charge in [0.25, 0.3) is 0 Å². The average molecular weight is 211 g/mol. The largest absolute Gasteiger partial charge is 0.360 e. The Labute approximate surface area is 88.7 Å². The maximum absolute atomic E-state index is 5.98. The van der Waals surface area contributed by atoms with E-state index in [4.69, 9.17) is 5.73 Å². The molecule has 1 aliphatic rings. The fraction of sp³-hybridized carbons (Fsp3) is 0.700. The zero-order valence-corrected chi connectivity index (χ0v) is 9.31. The molecule has 0 bridgehead atoms. The van der Waals surface area contributed by atoms with Crippen LogP contribution in [-0.4, -0.2) is 17.6 Å². The number of hydrogen-bond acceptors (Lipinski definition) is 4. The van der Waals surface area contributed by atoms with Crippen molar-refractivity contribution in [1.82, 2.24) is 4.98 Å². The average Bonchev–Trinajstić information content (AvgIpc) is 2.94. The Hall–Kier alpha value is -0.610. The monoisotopic (exact) mass is 211 g/mol. The molecule has 3 nitrogen and oxygen atoms in total. The van der Waals surface area contributed by atoms with Crippen molar-refractivity contribution < 1.29 is 0 Å². The Balaban J connectivity index is 1.78. The van der Waals surface area contributed by atoms with E-state index in [1.807, 2.05) is 0 Å². The van der Waals surface area contributed by atoms with Gasteiger partial charge in [0, 0.05) is 18.0 Å². The number of nitrogens with two attached hydrogens (primary N) is 1. The molecule has 0 saturated heterocycles. The smallest absolute Gasteiger partial charge is 0.182 e. The highest BCUT2D eigenvalue weighted by Gasteiger charge is 2.28. The van der Waals surface area contributed by atoms with Crippen LogP contribution in [0.15, 0.2) is 5.38 Å². The van der Waals surface area contributed by atoms with Gasteiger partial charge in [-0.25, -0.2) is 4.98 Å². The summed E-state index contributed by atoms with van der Waals surface area (Å²) in [7, 11) is 0. The molecule has 1 saturated carbocycles. The number of hydrogen-bond donors (Lipinski definition) is 2. The summed E-state index contributed by atoms with van der Waals surface area (Å²) in [6, 6.07) is 0.309. The van der Waals surface area contributed by atoms with Gasteiger partial charge in [0.15, 0.2) is 5.13 Å². The Morgan fingerprint density at radius 1 is 1.71 bits per heavy atom. The number of aryl methyl sites for hydroxylation is 1. The molecule has 1 aliphatic carbocycles. The summed E-state index contributed by atoms with van der Waals surface area (Å²) < 4.78 is 0. The molecular weight excluding hydrogens is 194 g/mol. The van der Waals surface area contributed by atoms with Gasteiger partial charge in [-0.2, -0.15) is 0 Å². The van der Waals surface area contributed by atoms with E-state index >= 15 is 0 Å². The second-order valence-electron chi connectivity index (χ2n) is 3.88. The molecule has 0 radical (unpaired) electrons. The predicted molar refractivity (Wildman–Crippen MR) is 60.7 cm³/mol. The molecule has 1 atom stereocenters. The summed E-state index contributed by atoms with van der Waals surface area (Å²) in [4.78, 5) is 4.43. The van der Waals surface area contributed by atoms with Crippen LogP contribution in [0.2, 0.25) is 0 Å². The molecule has 14 heavy (non-hydrogen) atoms. The Morgan fingerprint density at radius 2 is 2.50 bits per heavy atom. The number of rotatable bonds is 5.